The quantitative estimate of drug-likeness (QED) is 0.540. The van der Waals surface area contributed by atoms with E-state index in [0.29, 0.717) is 48.0 Å². The van der Waals surface area contributed by atoms with Crippen LogP contribution in [0.4, 0.5) is 16.2 Å². The normalized spacial score (nSPS) is 19.2. The summed E-state index contributed by atoms with van der Waals surface area (Å²) in [6, 6.07) is 3.55. The number of rotatable bonds is 7. The number of aliphatic hydroxyl groups excluding tert-OH is 1. The maximum atomic E-state index is 13.4. The first-order valence-corrected chi connectivity index (χ1v) is 9.73. The molecule has 1 aliphatic rings. The van der Waals surface area contributed by atoms with Crippen LogP contribution < -0.4 is 15.8 Å². The van der Waals surface area contributed by atoms with Crippen LogP contribution in [0.3, 0.4) is 0 Å². The van der Waals surface area contributed by atoms with Crippen LogP contribution >= 0.6 is 0 Å². The fourth-order valence-corrected chi connectivity index (χ4v) is 3.30. The van der Waals surface area contributed by atoms with Crippen molar-refractivity contribution in [3.63, 3.8) is 0 Å². The van der Waals surface area contributed by atoms with Crippen LogP contribution in [0.5, 0.6) is 5.75 Å². The second-order valence-electron chi connectivity index (χ2n) is 7.40. The standard InChI is InChI=1S/C20H24FN7O2/c1-11(29)8-25-20-23-4-3-16(26-20)15-10-28(14-6-13(21)7-14)27-18(15)12-5-17(30-2)19(22)24-9-12/h3-5,9-11,13-14,29H,6-8H2,1-2H3,(H2,22,24)(H,23,25,26). The maximum Gasteiger partial charge on any atom is 0.223 e. The van der Waals surface area contributed by atoms with Gasteiger partial charge in [-0.2, -0.15) is 5.10 Å². The minimum Gasteiger partial charge on any atom is -0.493 e. The average molecular weight is 413 g/mol. The average Bonchev–Trinajstić information content (AvgIpc) is 3.15. The molecule has 1 aliphatic carbocycles. The van der Waals surface area contributed by atoms with E-state index in [1.807, 2.05) is 6.20 Å². The summed E-state index contributed by atoms with van der Waals surface area (Å²) < 4.78 is 20.5. The van der Waals surface area contributed by atoms with Crippen molar-refractivity contribution < 1.29 is 14.2 Å². The summed E-state index contributed by atoms with van der Waals surface area (Å²) in [6.45, 7) is 2.01. The van der Waals surface area contributed by atoms with Crippen molar-refractivity contribution in [2.45, 2.75) is 38.1 Å². The Hall–Kier alpha value is -3.27. The van der Waals surface area contributed by atoms with E-state index in [2.05, 4.69) is 20.3 Å². The van der Waals surface area contributed by atoms with Gasteiger partial charge in [0, 0.05) is 49.1 Å². The smallest absolute Gasteiger partial charge is 0.223 e. The lowest BCUT2D eigenvalue weighted by molar-refractivity contribution is 0.128. The molecule has 1 unspecified atom stereocenters. The molecule has 3 aromatic heterocycles. The number of hydrogen-bond acceptors (Lipinski definition) is 8. The molecule has 10 heteroatoms. The van der Waals surface area contributed by atoms with E-state index in [0.717, 1.165) is 5.56 Å². The number of nitrogen functional groups attached to an aromatic ring is 1. The van der Waals surface area contributed by atoms with Crippen LogP contribution in [0.2, 0.25) is 0 Å². The van der Waals surface area contributed by atoms with E-state index in [1.165, 1.54) is 7.11 Å². The van der Waals surface area contributed by atoms with Crippen molar-refractivity contribution in [3.05, 3.63) is 30.7 Å². The Morgan fingerprint density at radius 2 is 2.20 bits per heavy atom. The Labute approximate surface area is 173 Å². The van der Waals surface area contributed by atoms with E-state index in [-0.39, 0.29) is 11.9 Å². The number of aromatic nitrogens is 5. The highest BCUT2D eigenvalue weighted by Crippen LogP contribution is 2.38. The van der Waals surface area contributed by atoms with Crippen molar-refractivity contribution >= 4 is 11.8 Å². The molecule has 0 aliphatic heterocycles. The van der Waals surface area contributed by atoms with Gasteiger partial charge in [-0.05, 0) is 19.1 Å². The second-order valence-corrected chi connectivity index (χ2v) is 7.40. The molecule has 0 spiro atoms. The summed E-state index contributed by atoms with van der Waals surface area (Å²) in [5, 5.41) is 17.2. The van der Waals surface area contributed by atoms with Gasteiger partial charge in [0.1, 0.15) is 11.9 Å². The molecule has 4 N–H and O–H groups in total. The Morgan fingerprint density at radius 3 is 2.90 bits per heavy atom. The minimum atomic E-state index is -0.792. The zero-order valence-electron chi connectivity index (χ0n) is 16.8. The maximum absolute atomic E-state index is 13.4. The summed E-state index contributed by atoms with van der Waals surface area (Å²) in [6.07, 6.45) is 4.69. The van der Waals surface area contributed by atoms with Gasteiger partial charge in [-0.25, -0.2) is 19.3 Å². The van der Waals surface area contributed by atoms with Crippen LogP contribution in [-0.2, 0) is 0 Å². The van der Waals surface area contributed by atoms with Crippen LogP contribution in [-0.4, -0.2) is 55.8 Å². The van der Waals surface area contributed by atoms with E-state index in [4.69, 9.17) is 15.6 Å². The molecule has 30 heavy (non-hydrogen) atoms. The number of nitrogens with two attached hydrogens (primary N) is 1. The number of ether oxygens (including phenoxy) is 1. The highest BCUT2D eigenvalue weighted by Gasteiger charge is 2.32. The van der Waals surface area contributed by atoms with Gasteiger partial charge in [-0.3, -0.25) is 4.68 Å². The highest BCUT2D eigenvalue weighted by atomic mass is 19.1. The Bertz CT molecular complexity index is 1030. The van der Waals surface area contributed by atoms with Gasteiger partial charge < -0.3 is 20.9 Å². The zero-order chi connectivity index (χ0) is 21.3. The monoisotopic (exact) mass is 413 g/mol. The summed E-state index contributed by atoms with van der Waals surface area (Å²) in [7, 11) is 1.52. The molecule has 9 nitrogen and oxygen atoms in total. The van der Waals surface area contributed by atoms with Gasteiger partial charge >= 0.3 is 0 Å². The largest absolute Gasteiger partial charge is 0.493 e. The fraction of sp³-hybridized carbons (Fsp3) is 0.400. The summed E-state index contributed by atoms with van der Waals surface area (Å²) in [5.41, 5.74) is 8.61. The molecule has 158 valence electrons. The van der Waals surface area contributed by atoms with Gasteiger partial charge in [-0.1, -0.05) is 0 Å². The number of nitrogens with one attached hydrogen (secondary N) is 1. The van der Waals surface area contributed by atoms with Crippen LogP contribution in [0.1, 0.15) is 25.8 Å². The number of methoxy groups -OCH3 is 1. The number of anilines is 2. The Balaban J connectivity index is 1.76. The summed E-state index contributed by atoms with van der Waals surface area (Å²) in [5.74, 6) is 1.13. The molecule has 0 bridgehead atoms. The van der Waals surface area contributed by atoms with Crippen molar-refractivity contribution in [1.29, 1.82) is 0 Å². The van der Waals surface area contributed by atoms with E-state index < -0.39 is 12.3 Å². The molecule has 4 rings (SSSR count). The first-order chi connectivity index (χ1) is 14.4. The lowest BCUT2D eigenvalue weighted by Crippen LogP contribution is -2.28. The first kappa shape index (κ1) is 20.0. The lowest BCUT2D eigenvalue weighted by Gasteiger charge is -2.29. The molecule has 3 heterocycles. The lowest BCUT2D eigenvalue weighted by atomic mass is 9.91. The molecule has 0 amide bonds. The van der Waals surface area contributed by atoms with Gasteiger partial charge in [0.15, 0.2) is 11.6 Å². The molecule has 1 saturated carbocycles. The predicted octanol–water partition coefficient (Wildman–Crippen LogP) is 2.46. The molecular formula is C20H24FN7O2. The summed E-state index contributed by atoms with van der Waals surface area (Å²) >= 11 is 0. The number of hydrogen-bond donors (Lipinski definition) is 3. The number of alkyl halides is 1. The van der Waals surface area contributed by atoms with Gasteiger partial charge in [0.25, 0.3) is 0 Å². The van der Waals surface area contributed by atoms with E-state index in [1.54, 1.807) is 36.1 Å². The van der Waals surface area contributed by atoms with Gasteiger partial charge in [-0.15, -0.1) is 0 Å². The summed E-state index contributed by atoms with van der Waals surface area (Å²) in [4.78, 5) is 13.0. The highest BCUT2D eigenvalue weighted by molar-refractivity contribution is 5.79. The van der Waals surface area contributed by atoms with Crippen LogP contribution in [0.25, 0.3) is 22.5 Å². The number of halogens is 1. The second kappa shape index (κ2) is 8.23. The van der Waals surface area contributed by atoms with Crippen LogP contribution in [0, 0.1) is 0 Å². The third-order valence-electron chi connectivity index (χ3n) is 5.02. The first-order valence-electron chi connectivity index (χ1n) is 9.73. The van der Waals surface area contributed by atoms with Gasteiger partial charge in [0.05, 0.1) is 24.9 Å². The van der Waals surface area contributed by atoms with Crippen LogP contribution in [0.15, 0.2) is 30.7 Å². The third-order valence-corrected chi connectivity index (χ3v) is 5.02. The number of aliphatic hydroxyl groups is 1. The van der Waals surface area contributed by atoms with Gasteiger partial charge in [0.2, 0.25) is 5.95 Å². The molecule has 1 atom stereocenters. The molecule has 0 aromatic carbocycles. The third kappa shape index (κ3) is 4.04. The van der Waals surface area contributed by atoms with Crippen molar-refractivity contribution in [3.8, 4) is 28.3 Å². The SMILES string of the molecule is COc1cc(-c2nn(C3CC(F)C3)cc2-c2ccnc(NCC(C)O)n2)cnc1N. The molecular weight excluding hydrogens is 389 g/mol. The molecule has 1 fully saturated rings. The molecule has 0 saturated heterocycles. The Morgan fingerprint density at radius 1 is 1.40 bits per heavy atom. The molecule has 0 radical (unpaired) electrons. The predicted molar refractivity (Wildman–Crippen MR) is 111 cm³/mol. The van der Waals surface area contributed by atoms with Crippen molar-refractivity contribution in [1.82, 2.24) is 24.7 Å². The Kier molecular flexibility index (Phi) is 5.49. The van der Waals surface area contributed by atoms with E-state index in [9.17, 15) is 9.50 Å². The number of nitrogens with zero attached hydrogens (tertiary/aromatic N) is 5. The molecule has 3 aromatic rings. The fourth-order valence-electron chi connectivity index (χ4n) is 3.30. The van der Waals surface area contributed by atoms with Crippen molar-refractivity contribution in [2.75, 3.05) is 24.7 Å². The van der Waals surface area contributed by atoms with Crippen molar-refractivity contribution in [2.24, 2.45) is 0 Å². The zero-order valence-corrected chi connectivity index (χ0v) is 16.8. The number of pyridine rings is 1. The van der Waals surface area contributed by atoms with E-state index >= 15 is 0 Å². The minimum absolute atomic E-state index is 0.00538. The topological polar surface area (TPSA) is 124 Å².